The molecule has 0 spiro atoms. The van der Waals surface area contributed by atoms with Crippen LogP contribution in [0.1, 0.15) is 12.5 Å². The summed E-state index contributed by atoms with van der Waals surface area (Å²) >= 11 is 0. The van der Waals surface area contributed by atoms with Crippen LogP contribution in [-0.4, -0.2) is 19.0 Å². The number of nitriles is 1. The first kappa shape index (κ1) is 10.7. The molecule has 2 nitrogen and oxygen atoms in total. The van der Waals surface area contributed by atoms with Crippen molar-refractivity contribution in [3.63, 3.8) is 0 Å². The minimum absolute atomic E-state index is 0.284. The molecule has 1 atom stereocenters. The molecule has 3 heteroatoms. The first-order chi connectivity index (χ1) is 6.50. The molecule has 0 aliphatic carbocycles. The van der Waals surface area contributed by atoms with E-state index in [1.54, 1.807) is 24.0 Å². The second-order valence-electron chi connectivity index (χ2n) is 3.59. The highest BCUT2D eigenvalue weighted by molar-refractivity contribution is 5.30. The number of rotatable bonds is 2. The lowest BCUT2D eigenvalue weighted by Crippen LogP contribution is -2.36. The number of benzene rings is 1. The van der Waals surface area contributed by atoms with E-state index in [1.165, 1.54) is 12.1 Å². The molecule has 0 heterocycles. The Morgan fingerprint density at radius 3 is 2.14 bits per heavy atom. The zero-order valence-corrected chi connectivity index (χ0v) is 8.58. The number of hydrogen-bond acceptors (Lipinski definition) is 2. The number of halogens is 1. The van der Waals surface area contributed by atoms with Gasteiger partial charge in [0.05, 0.1) is 6.07 Å². The lowest BCUT2D eigenvalue weighted by Gasteiger charge is -2.29. The Labute approximate surface area is 83.6 Å². The van der Waals surface area contributed by atoms with Crippen LogP contribution in [0.25, 0.3) is 0 Å². The van der Waals surface area contributed by atoms with Gasteiger partial charge in [0.25, 0.3) is 0 Å². The van der Waals surface area contributed by atoms with Crippen molar-refractivity contribution < 1.29 is 4.39 Å². The maximum Gasteiger partial charge on any atom is 0.131 e. The van der Waals surface area contributed by atoms with Crippen LogP contribution in [0.3, 0.4) is 0 Å². The lowest BCUT2D eigenvalue weighted by atomic mass is 9.92. The summed E-state index contributed by atoms with van der Waals surface area (Å²) in [5, 5.41) is 9.09. The van der Waals surface area contributed by atoms with Gasteiger partial charge in [-0.3, -0.25) is 4.90 Å². The Bertz CT molecular complexity index is 351. The second-order valence-corrected chi connectivity index (χ2v) is 3.59. The molecule has 1 unspecified atom stereocenters. The van der Waals surface area contributed by atoms with Crippen molar-refractivity contribution in [2.24, 2.45) is 0 Å². The Morgan fingerprint density at radius 1 is 1.29 bits per heavy atom. The van der Waals surface area contributed by atoms with Gasteiger partial charge in [-0.05, 0) is 38.7 Å². The summed E-state index contributed by atoms with van der Waals surface area (Å²) in [4.78, 5) is 1.81. The van der Waals surface area contributed by atoms with E-state index in [-0.39, 0.29) is 5.82 Å². The smallest absolute Gasteiger partial charge is 0.131 e. The summed E-state index contributed by atoms with van der Waals surface area (Å²) in [7, 11) is 3.65. The molecule has 1 aromatic rings. The van der Waals surface area contributed by atoms with Crippen LogP contribution < -0.4 is 0 Å². The van der Waals surface area contributed by atoms with E-state index in [9.17, 15) is 4.39 Å². The summed E-state index contributed by atoms with van der Waals surface area (Å²) in [6.07, 6.45) is 0. The van der Waals surface area contributed by atoms with E-state index in [0.717, 1.165) is 5.56 Å². The van der Waals surface area contributed by atoms with Crippen molar-refractivity contribution in [1.82, 2.24) is 4.90 Å². The third kappa shape index (κ3) is 1.75. The van der Waals surface area contributed by atoms with Crippen molar-refractivity contribution >= 4 is 0 Å². The molecule has 1 aromatic carbocycles. The topological polar surface area (TPSA) is 27.0 Å². The molecule has 0 saturated carbocycles. The van der Waals surface area contributed by atoms with Gasteiger partial charge in [0.1, 0.15) is 11.4 Å². The highest BCUT2D eigenvalue weighted by Gasteiger charge is 2.28. The molecule has 0 bridgehead atoms. The van der Waals surface area contributed by atoms with Gasteiger partial charge >= 0.3 is 0 Å². The molecule has 0 amide bonds. The molecule has 0 saturated heterocycles. The summed E-state index contributed by atoms with van der Waals surface area (Å²) in [6, 6.07) is 8.23. The fourth-order valence-corrected chi connectivity index (χ4v) is 1.20. The van der Waals surface area contributed by atoms with E-state index >= 15 is 0 Å². The van der Waals surface area contributed by atoms with Crippen molar-refractivity contribution in [2.45, 2.75) is 12.5 Å². The average molecular weight is 192 g/mol. The maximum atomic E-state index is 12.7. The quantitative estimate of drug-likeness (QED) is 0.717. The highest BCUT2D eigenvalue weighted by Crippen LogP contribution is 2.24. The van der Waals surface area contributed by atoms with Gasteiger partial charge in [-0.25, -0.2) is 4.39 Å². The lowest BCUT2D eigenvalue weighted by molar-refractivity contribution is 0.241. The third-order valence-corrected chi connectivity index (χ3v) is 2.52. The maximum absolute atomic E-state index is 12.7. The van der Waals surface area contributed by atoms with Crippen LogP contribution in [0.5, 0.6) is 0 Å². The fraction of sp³-hybridized carbons (Fsp3) is 0.364. The number of hydrogen-bond donors (Lipinski definition) is 0. The first-order valence-electron chi connectivity index (χ1n) is 4.35. The van der Waals surface area contributed by atoms with E-state index < -0.39 is 5.54 Å². The highest BCUT2D eigenvalue weighted by atomic mass is 19.1. The van der Waals surface area contributed by atoms with Crippen LogP contribution in [0.15, 0.2) is 24.3 Å². The molecule has 0 aliphatic heterocycles. The minimum atomic E-state index is -0.701. The number of nitrogens with zero attached hydrogens (tertiary/aromatic N) is 2. The summed E-state index contributed by atoms with van der Waals surface area (Å²) in [5.74, 6) is -0.284. The van der Waals surface area contributed by atoms with Gasteiger partial charge in [-0.1, -0.05) is 12.1 Å². The average Bonchev–Trinajstić information content (AvgIpc) is 2.17. The molecule has 0 fully saturated rings. The summed E-state index contributed by atoms with van der Waals surface area (Å²) in [6.45, 7) is 1.81. The monoisotopic (exact) mass is 192 g/mol. The molecule has 0 aromatic heterocycles. The molecule has 0 N–H and O–H groups in total. The van der Waals surface area contributed by atoms with Gasteiger partial charge in [0.2, 0.25) is 0 Å². The predicted octanol–water partition coefficient (Wildman–Crippen LogP) is 2.13. The van der Waals surface area contributed by atoms with Crippen molar-refractivity contribution in [1.29, 1.82) is 5.26 Å². The molecular formula is C11H13FN2. The Morgan fingerprint density at radius 2 is 1.79 bits per heavy atom. The minimum Gasteiger partial charge on any atom is -0.288 e. The van der Waals surface area contributed by atoms with E-state index in [2.05, 4.69) is 6.07 Å². The van der Waals surface area contributed by atoms with Crippen LogP contribution in [-0.2, 0) is 5.54 Å². The van der Waals surface area contributed by atoms with Crippen LogP contribution >= 0.6 is 0 Å². The molecule has 14 heavy (non-hydrogen) atoms. The van der Waals surface area contributed by atoms with Gasteiger partial charge in [-0.2, -0.15) is 5.26 Å². The zero-order valence-electron chi connectivity index (χ0n) is 8.58. The van der Waals surface area contributed by atoms with Crippen LogP contribution in [0.2, 0.25) is 0 Å². The summed E-state index contributed by atoms with van der Waals surface area (Å²) in [5.41, 5.74) is 0.0969. The van der Waals surface area contributed by atoms with Gasteiger partial charge in [-0.15, -0.1) is 0 Å². The van der Waals surface area contributed by atoms with E-state index in [1.807, 2.05) is 14.1 Å². The zero-order chi connectivity index (χ0) is 10.8. The van der Waals surface area contributed by atoms with Crippen molar-refractivity contribution in [3.8, 4) is 6.07 Å². The second kappa shape index (κ2) is 3.77. The van der Waals surface area contributed by atoms with Crippen molar-refractivity contribution in [2.75, 3.05) is 14.1 Å². The normalized spacial score (nSPS) is 14.9. The largest absolute Gasteiger partial charge is 0.288 e. The van der Waals surface area contributed by atoms with Gasteiger partial charge < -0.3 is 0 Å². The van der Waals surface area contributed by atoms with Gasteiger partial charge in [0.15, 0.2) is 0 Å². The van der Waals surface area contributed by atoms with E-state index in [0.29, 0.717) is 0 Å². The Balaban J connectivity index is 3.15. The molecule has 0 aliphatic rings. The SMILES string of the molecule is CN(C)C(C)(C#N)c1ccc(F)cc1. The molecule has 0 radical (unpaired) electrons. The third-order valence-electron chi connectivity index (χ3n) is 2.52. The summed E-state index contributed by atoms with van der Waals surface area (Å²) < 4.78 is 12.7. The molecular weight excluding hydrogens is 179 g/mol. The predicted molar refractivity (Wildman–Crippen MR) is 53.1 cm³/mol. The first-order valence-corrected chi connectivity index (χ1v) is 4.35. The van der Waals surface area contributed by atoms with E-state index in [4.69, 9.17) is 5.26 Å². The fourth-order valence-electron chi connectivity index (χ4n) is 1.20. The Kier molecular flexibility index (Phi) is 2.87. The molecule has 1 rings (SSSR count). The Hall–Kier alpha value is -1.40. The van der Waals surface area contributed by atoms with Gasteiger partial charge in [0, 0.05) is 0 Å². The van der Waals surface area contributed by atoms with Crippen LogP contribution in [0.4, 0.5) is 4.39 Å². The van der Waals surface area contributed by atoms with Crippen LogP contribution in [0, 0.1) is 17.1 Å². The molecule has 74 valence electrons. The standard InChI is InChI=1S/C11H13FN2/c1-11(8-13,14(2)3)9-4-6-10(12)7-5-9/h4-7H,1-3H3. The van der Waals surface area contributed by atoms with Crippen molar-refractivity contribution in [3.05, 3.63) is 35.6 Å².